The molecule has 0 aliphatic heterocycles. The number of aryl methyl sites for hydroxylation is 1. The summed E-state index contributed by atoms with van der Waals surface area (Å²) < 4.78 is 5.00. The Bertz CT molecular complexity index is 781. The summed E-state index contributed by atoms with van der Waals surface area (Å²) in [5.74, 6) is -0.0947. The lowest BCUT2D eigenvalue weighted by molar-refractivity contribution is 0.101. The van der Waals surface area contributed by atoms with E-state index in [1.54, 1.807) is 22.2 Å². The maximum absolute atomic E-state index is 12.5. The van der Waals surface area contributed by atoms with Crippen molar-refractivity contribution < 1.29 is 4.79 Å². The molecule has 3 aromatic heterocycles. The van der Waals surface area contributed by atoms with E-state index < -0.39 is 0 Å². The van der Waals surface area contributed by atoms with Gasteiger partial charge in [-0.05, 0) is 38.3 Å². The van der Waals surface area contributed by atoms with Gasteiger partial charge in [-0.2, -0.15) is 5.10 Å². The first-order valence-corrected chi connectivity index (χ1v) is 7.90. The zero-order valence-electron chi connectivity index (χ0n) is 12.3. The second kappa shape index (κ2) is 5.37. The fraction of sp³-hybridized carbons (Fsp3) is 0.333. The number of nitrogens with one attached hydrogen (secondary N) is 1. The van der Waals surface area contributed by atoms with Crippen molar-refractivity contribution in [3.8, 4) is 0 Å². The zero-order chi connectivity index (χ0) is 15.0. The van der Waals surface area contributed by atoms with Crippen LogP contribution < -0.4 is 5.32 Å². The first kappa shape index (κ1) is 13.9. The Balaban J connectivity index is 1.93. The third-order valence-electron chi connectivity index (χ3n) is 3.42. The van der Waals surface area contributed by atoms with Crippen LogP contribution in [0.2, 0.25) is 0 Å². The van der Waals surface area contributed by atoms with Crippen molar-refractivity contribution >= 4 is 33.1 Å². The zero-order valence-corrected chi connectivity index (χ0v) is 13.1. The SMILES string of the molecule is CCn1cc(NC(=O)c2cc3sccc3n2C(C)C)cn1. The van der Waals surface area contributed by atoms with Gasteiger partial charge < -0.3 is 9.88 Å². The minimum absolute atomic E-state index is 0.0947. The lowest BCUT2D eigenvalue weighted by Crippen LogP contribution is -2.17. The summed E-state index contributed by atoms with van der Waals surface area (Å²) in [6.45, 7) is 6.97. The van der Waals surface area contributed by atoms with Crippen LogP contribution in [-0.2, 0) is 6.54 Å². The summed E-state index contributed by atoms with van der Waals surface area (Å²) in [5.41, 5.74) is 2.53. The van der Waals surface area contributed by atoms with Gasteiger partial charge in [0, 0.05) is 18.8 Å². The minimum Gasteiger partial charge on any atom is -0.333 e. The number of hydrogen-bond acceptors (Lipinski definition) is 3. The largest absolute Gasteiger partial charge is 0.333 e. The number of carbonyl (C=O) groups excluding carboxylic acids is 1. The number of thiophene rings is 1. The van der Waals surface area contributed by atoms with E-state index in [0.717, 1.165) is 22.4 Å². The highest BCUT2D eigenvalue weighted by atomic mass is 32.1. The van der Waals surface area contributed by atoms with E-state index in [1.165, 1.54) is 0 Å². The molecule has 0 saturated carbocycles. The van der Waals surface area contributed by atoms with Crippen LogP contribution in [0.15, 0.2) is 29.9 Å². The molecule has 5 nitrogen and oxygen atoms in total. The summed E-state index contributed by atoms with van der Waals surface area (Å²) in [4.78, 5) is 12.5. The average molecular weight is 302 g/mol. The van der Waals surface area contributed by atoms with Gasteiger partial charge in [0.05, 0.1) is 22.1 Å². The van der Waals surface area contributed by atoms with Gasteiger partial charge in [0.15, 0.2) is 0 Å². The van der Waals surface area contributed by atoms with Gasteiger partial charge in [-0.1, -0.05) is 0 Å². The van der Waals surface area contributed by atoms with Gasteiger partial charge in [0.2, 0.25) is 0 Å². The fourth-order valence-corrected chi connectivity index (χ4v) is 3.28. The van der Waals surface area contributed by atoms with Crippen molar-refractivity contribution in [2.45, 2.75) is 33.4 Å². The highest BCUT2D eigenvalue weighted by Crippen LogP contribution is 2.28. The van der Waals surface area contributed by atoms with Gasteiger partial charge in [-0.15, -0.1) is 11.3 Å². The van der Waals surface area contributed by atoms with E-state index in [2.05, 4.69) is 40.3 Å². The maximum atomic E-state index is 12.5. The van der Waals surface area contributed by atoms with Crippen LogP contribution in [0.5, 0.6) is 0 Å². The summed E-state index contributed by atoms with van der Waals surface area (Å²) >= 11 is 1.65. The van der Waals surface area contributed by atoms with E-state index >= 15 is 0 Å². The molecule has 21 heavy (non-hydrogen) atoms. The molecular formula is C15H18N4OS. The molecule has 0 spiro atoms. The summed E-state index contributed by atoms with van der Waals surface area (Å²) in [6.07, 6.45) is 3.51. The number of aromatic nitrogens is 3. The molecule has 0 radical (unpaired) electrons. The van der Waals surface area contributed by atoms with Crippen LogP contribution in [0, 0.1) is 0 Å². The topological polar surface area (TPSA) is 51.9 Å². The monoisotopic (exact) mass is 302 g/mol. The molecule has 0 bridgehead atoms. The van der Waals surface area contributed by atoms with Crippen molar-refractivity contribution in [2.75, 3.05) is 5.32 Å². The maximum Gasteiger partial charge on any atom is 0.272 e. The highest BCUT2D eigenvalue weighted by Gasteiger charge is 2.18. The molecule has 0 unspecified atom stereocenters. The number of hydrogen-bond donors (Lipinski definition) is 1. The van der Waals surface area contributed by atoms with E-state index in [4.69, 9.17) is 0 Å². The van der Waals surface area contributed by atoms with Crippen LogP contribution in [0.3, 0.4) is 0 Å². The van der Waals surface area contributed by atoms with Crippen LogP contribution in [-0.4, -0.2) is 20.3 Å². The van der Waals surface area contributed by atoms with Crippen molar-refractivity contribution in [3.63, 3.8) is 0 Å². The van der Waals surface area contributed by atoms with Gasteiger partial charge in [-0.25, -0.2) is 0 Å². The van der Waals surface area contributed by atoms with Gasteiger partial charge >= 0.3 is 0 Å². The standard InChI is InChI=1S/C15H18N4OS/c1-4-18-9-11(8-16-18)17-15(20)13-7-14-12(5-6-21-14)19(13)10(2)3/h5-10H,4H2,1-3H3,(H,17,20). The van der Waals surface area contributed by atoms with Crippen molar-refractivity contribution in [1.29, 1.82) is 0 Å². The Labute approximate surface area is 127 Å². The molecule has 0 atom stereocenters. The van der Waals surface area contributed by atoms with Crippen LogP contribution >= 0.6 is 11.3 Å². The number of anilines is 1. The third kappa shape index (κ3) is 2.47. The number of nitrogens with zero attached hydrogens (tertiary/aromatic N) is 3. The molecule has 3 rings (SSSR count). The molecule has 6 heteroatoms. The summed E-state index contributed by atoms with van der Waals surface area (Å²) in [5, 5.41) is 9.14. The smallest absolute Gasteiger partial charge is 0.272 e. The fourth-order valence-electron chi connectivity index (χ4n) is 2.47. The second-order valence-corrected chi connectivity index (χ2v) is 6.15. The van der Waals surface area contributed by atoms with Gasteiger partial charge in [0.25, 0.3) is 5.91 Å². The number of fused-ring (bicyclic) bond motifs is 1. The predicted molar refractivity (Wildman–Crippen MR) is 86.1 cm³/mol. The van der Waals surface area contributed by atoms with Crippen LogP contribution in [0.1, 0.15) is 37.3 Å². The molecule has 0 aliphatic carbocycles. The number of rotatable bonds is 4. The Hall–Kier alpha value is -2.08. The molecule has 0 aromatic carbocycles. The van der Waals surface area contributed by atoms with Gasteiger partial charge in [0.1, 0.15) is 5.69 Å². The Morgan fingerprint density at radius 3 is 2.95 bits per heavy atom. The number of carbonyl (C=O) groups is 1. The van der Waals surface area contributed by atoms with Crippen LogP contribution in [0.4, 0.5) is 5.69 Å². The van der Waals surface area contributed by atoms with Crippen molar-refractivity contribution in [2.24, 2.45) is 0 Å². The van der Waals surface area contributed by atoms with Crippen molar-refractivity contribution in [1.82, 2.24) is 14.3 Å². The molecule has 0 saturated heterocycles. The summed E-state index contributed by atoms with van der Waals surface area (Å²) in [6, 6.07) is 4.25. The Morgan fingerprint density at radius 1 is 1.48 bits per heavy atom. The number of amides is 1. The third-order valence-corrected chi connectivity index (χ3v) is 4.28. The highest BCUT2D eigenvalue weighted by molar-refractivity contribution is 7.17. The molecular weight excluding hydrogens is 284 g/mol. The average Bonchev–Trinajstić information content (AvgIpc) is 3.11. The van der Waals surface area contributed by atoms with Crippen molar-refractivity contribution in [3.05, 3.63) is 35.6 Å². The quantitative estimate of drug-likeness (QED) is 0.798. The normalized spacial score (nSPS) is 11.4. The predicted octanol–water partition coefficient (Wildman–Crippen LogP) is 3.75. The lowest BCUT2D eigenvalue weighted by Gasteiger charge is -2.13. The van der Waals surface area contributed by atoms with Gasteiger partial charge in [-0.3, -0.25) is 9.48 Å². The van der Waals surface area contributed by atoms with E-state index in [-0.39, 0.29) is 11.9 Å². The molecule has 0 aliphatic rings. The van der Waals surface area contributed by atoms with Crippen LogP contribution in [0.25, 0.3) is 10.2 Å². The molecule has 3 heterocycles. The first-order valence-electron chi connectivity index (χ1n) is 7.02. The Kier molecular flexibility index (Phi) is 3.55. The molecule has 1 N–H and O–H groups in total. The molecule has 3 aromatic rings. The molecule has 110 valence electrons. The van der Waals surface area contributed by atoms with E-state index in [1.807, 2.05) is 19.2 Å². The van der Waals surface area contributed by atoms with E-state index in [9.17, 15) is 4.79 Å². The second-order valence-electron chi connectivity index (χ2n) is 5.20. The molecule has 1 amide bonds. The Morgan fingerprint density at radius 2 is 2.29 bits per heavy atom. The lowest BCUT2D eigenvalue weighted by atomic mass is 10.3. The minimum atomic E-state index is -0.0947. The van der Waals surface area contributed by atoms with E-state index in [0.29, 0.717) is 5.69 Å². The first-order chi connectivity index (χ1) is 10.1. The summed E-state index contributed by atoms with van der Waals surface area (Å²) in [7, 11) is 0. The molecule has 0 fully saturated rings.